The van der Waals surface area contributed by atoms with Crippen molar-refractivity contribution in [1.29, 1.82) is 0 Å². The molecule has 1 radical (unpaired) electrons. The van der Waals surface area contributed by atoms with E-state index in [4.69, 9.17) is 4.74 Å². The van der Waals surface area contributed by atoms with Crippen molar-refractivity contribution in [1.82, 2.24) is 9.97 Å². The number of pyridine rings is 2. The van der Waals surface area contributed by atoms with Gasteiger partial charge in [0.25, 0.3) is 0 Å². The quantitative estimate of drug-likeness (QED) is 0.402. The molecule has 2 heterocycles. The van der Waals surface area contributed by atoms with E-state index in [0.29, 0.717) is 12.4 Å². The Kier molecular flexibility index (Phi) is 7.59. The summed E-state index contributed by atoms with van der Waals surface area (Å²) in [6.45, 7) is 0.491. The molecule has 1 atom stereocenters. The van der Waals surface area contributed by atoms with Crippen molar-refractivity contribution in [3.63, 3.8) is 0 Å². The van der Waals surface area contributed by atoms with Crippen molar-refractivity contribution in [2.24, 2.45) is 0 Å². The summed E-state index contributed by atoms with van der Waals surface area (Å²) in [6.07, 6.45) is 5.08. The maximum absolute atomic E-state index is 11.7. The minimum atomic E-state index is -0.983. The molecule has 2 aromatic rings. The molecule has 2 rings (SSSR count). The highest BCUT2D eigenvalue weighted by Crippen LogP contribution is 2.18. The number of hydrogen-bond donors (Lipinski definition) is 0. The average Bonchev–Trinajstić information content (AvgIpc) is 2.54. The zero-order valence-corrected chi connectivity index (χ0v) is 13.2. The standard InChI is InChI=1S/C15H17N2O2S2/c18-15(12-21-13-5-8-16-9-6-13)19-10-3-11-20-14-4-1-2-7-17-14/h1-2,4-9,15H,3,10-12H2. The summed E-state index contributed by atoms with van der Waals surface area (Å²) in [6, 6.07) is 9.63. The lowest BCUT2D eigenvalue weighted by atomic mass is 10.5. The molecule has 0 aliphatic rings. The SMILES string of the molecule is [O]C(CSc1ccncc1)OCCCSc1ccccn1. The largest absolute Gasteiger partial charge is 0.349 e. The van der Waals surface area contributed by atoms with Gasteiger partial charge in [-0.2, -0.15) is 0 Å². The Morgan fingerprint density at radius 1 is 1.10 bits per heavy atom. The first-order valence-corrected chi connectivity index (χ1v) is 8.66. The van der Waals surface area contributed by atoms with Crippen LogP contribution in [0.4, 0.5) is 0 Å². The first-order valence-electron chi connectivity index (χ1n) is 6.68. The molecule has 0 fully saturated rings. The van der Waals surface area contributed by atoms with Crippen LogP contribution in [0.3, 0.4) is 0 Å². The van der Waals surface area contributed by atoms with Crippen LogP contribution in [0.2, 0.25) is 0 Å². The molecule has 6 heteroatoms. The smallest absolute Gasteiger partial charge is 0.200 e. The molecule has 111 valence electrons. The van der Waals surface area contributed by atoms with Gasteiger partial charge in [-0.25, -0.2) is 10.1 Å². The Labute approximate surface area is 133 Å². The Morgan fingerprint density at radius 2 is 1.95 bits per heavy atom. The summed E-state index contributed by atoms with van der Waals surface area (Å²) < 4.78 is 5.28. The van der Waals surface area contributed by atoms with E-state index in [2.05, 4.69) is 9.97 Å². The molecule has 0 saturated heterocycles. The van der Waals surface area contributed by atoms with Gasteiger partial charge < -0.3 is 4.74 Å². The van der Waals surface area contributed by atoms with Gasteiger partial charge in [-0.15, -0.1) is 23.5 Å². The predicted octanol–water partition coefficient (Wildman–Crippen LogP) is 3.52. The van der Waals surface area contributed by atoms with Crippen molar-refractivity contribution in [3.8, 4) is 0 Å². The van der Waals surface area contributed by atoms with Crippen molar-refractivity contribution in [2.45, 2.75) is 22.6 Å². The third kappa shape index (κ3) is 6.95. The van der Waals surface area contributed by atoms with Crippen LogP contribution in [0.15, 0.2) is 58.8 Å². The topological polar surface area (TPSA) is 54.9 Å². The summed E-state index contributed by atoms with van der Waals surface area (Å²) in [5.74, 6) is 1.32. The molecule has 21 heavy (non-hydrogen) atoms. The summed E-state index contributed by atoms with van der Waals surface area (Å²) in [5, 5.41) is 12.7. The second-order valence-electron chi connectivity index (χ2n) is 4.16. The van der Waals surface area contributed by atoms with Crippen molar-refractivity contribution >= 4 is 23.5 Å². The van der Waals surface area contributed by atoms with Gasteiger partial charge in [-0.1, -0.05) is 6.07 Å². The maximum atomic E-state index is 11.7. The average molecular weight is 321 g/mol. The van der Waals surface area contributed by atoms with Gasteiger partial charge in [0, 0.05) is 29.2 Å². The maximum Gasteiger partial charge on any atom is 0.200 e. The van der Waals surface area contributed by atoms with Crippen LogP contribution >= 0.6 is 23.5 Å². The van der Waals surface area contributed by atoms with Gasteiger partial charge in [0.1, 0.15) is 0 Å². The van der Waals surface area contributed by atoms with E-state index in [9.17, 15) is 5.11 Å². The van der Waals surface area contributed by atoms with E-state index in [1.165, 1.54) is 11.8 Å². The zero-order valence-electron chi connectivity index (χ0n) is 11.6. The second-order valence-corrected chi connectivity index (χ2v) is 6.37. The monoisotopic (exact) mass is 321 g/mol. The van der Waals surface area contributed by atoms with Gasteiger partial charge >= 0.3 is 0 Å². The van der Waals surface area contributed by atoms with Crippen molar-refractivity contribution in [2.75, 3.05) is 18.1 Å². The van der Waals surface area contributed by atoms with Crippen LogP contribution < -0.4 is 0 Å². The Bertz CT molecular complexity index is 500. The predicted molar refractivity (Wildman–Crippen MR) is 85.0 cm³/mol. The number of thioether (sulfide) groups is 2. The normalized spacial score (nSPS) is 12.2. The van der Waals surface area contributed by atoms with Gasteiger partial charge in [-0.3, -0.25) is 4.98 Å². The van der Waals surface area contributed by atoms with Gasteiger partial charge in [0.15, 0.2) is 0 Å². The fourth-order valence-corrected chi connectivity index (χ4v) is 3.05. The first kappa shape index (κ1) is 16.3. The van der Waals surface area contributed by atoms with Gasteiger partial charge in [0.2, 0.25) is 6.29 Å². The number of nitrogens with zero attached hydrogens (tertiary/aromatic N) is 2. The van der Waals surface area contributed by atoms with E-state index in [-0.39, 0.29) is 0 Å². The number of aromatic nitrogens is 2. The number of rotatable bonds is 9. The lowest BCUT2D eigenvalue weighted by molar-refractivity contribution is -0.122. The van der Waals surface area contributed by atoms with Crippen LogP contribution in [-0.2, 0) is 9.84 Å². The Balaban J connectivity index is 1.52. The third-order valence-electron chi connectivity index (χ3n) is 2.52. The van der Waals surface area contributed by atoms with Crippen LogP contribution in [0.25, 0.3) is 0 Å². The molecule has 0 aromatic carbocycles. The van der Waals surface area contributed by atoms with Crippen molar-refractivity contribution < 1.29 is 9.84 Å². The Hall–Kier alpha value is -1.08. The lowest BCUT2D eigenvalue weighted by Crippen LogP contribution is -2.14. The summed E-state index contributed by atoms with van der Waals surface area (Å²) in [4.78, 5) is 9.21. The molecule has 1 unspecified atom stereocenters. The van der Waals surface area contributed by atoms with E-state index >= 15 is 0 Å². The minimum Gasteiger partial charge on any atom is -0.349 e. The highest BCUT2D eigenvalue weighted by Gasteiger charge is 2.07. The minimum absolute atomic E-state index is 0.414. The Morgan fingerprint density at radius 3 is 2.71 bits per heavy atom. The second kappa shape index (κ2) is 9.78. The molecular formula is C15H17N2O2S2. The first-order chi connectivity index (χ1) is 10.3. The van der Waals surface area contributed by atoms with E-state index in [1.807, 2.05) is 30.3 Å². The summed E-state index contributed by atoms with van der Waals surface area (Å²) in [7, 11) is 0. The molecule has 0 amide bonds. The fourth-order valence-electron chi connectivity index (χ4n) is 1.53. The molecule has 0 aliphatic carbocycles. The molecule has 0 N–H and O–H groups in total. The zero-order chi connectivity index (χ0) is 14.8. The van der Waals surface area contributed by atoms with Crippen LogP contribution in [0.1, 0.15) is 6.42 Å². The van der Waals surface area contributed by atoms with Crippen LogP contribution in [0.5, 0.6) is 0 Å². The fraction of sp³-hybridized carbons (Fsp3) is 0.333. The molecule has 4 nitrogen and oxygen atoms in total. The highest BCUT2D eigenvalue weighted by atomic mass is 32.2. The molecule has 0 spiro atoms. The van der Waals surface area contributed by atoms with E-state index in [0.717, 1.165) is 22.1 Å². The third-order valence-corrected chi connectivity index (χ3v) is 4.59. The molecule has 2 aromatic heterocycles. The molecule has 0 aliphatic heterocycles. The summed E-state index contributed by atoms with van der Waals surface area (Å²) in [5.41, 5.74) is 0. The van der Waals surface area contributed by atoms with Gasteiger partial charge in [-0.05, 0) is 30.7 Å². The number of hydrogen-bond acceptors (Lipinski definition) is 5. The summed E-state index contributed by atoms with van der Waals surface area (Å²) >= 11 is 3.17. The molecule has 0 bridgehead atoms. The molecular weight excluding hydrogens is 304 g/mol. The highest BCUT2D eigenvalue weighted by molar-refractivity contribution is 7.99. The lowest BCUT2D eigenvalue weighted by Gasteiger charge is -2.09. The number of ether oxygens (including phenoxy) is 1. The van der Waals surface area contributed by atoms with Gasteiger partial charge in [0.05, 0.1) is 17.4 Å². The van der Waals surface area contributed by atoms with Crippen molar-refractivity contribution in [3.05, 3.63) is 48.9 Å². The van der Waals surface area contributed by atoms with Crippen LogP contribution in [0, 0.1) is 0 Å². The van der Waals surface area contributed by atoms with E-state index in [1.54, 1.807) is 30.4 Å². The molecule has 0 saturated carbocycles. The van der Waals surface area contributed by atoms with E-state index < -0.39 is 6.29 Å². The van der Waals surface area contributed by atoms with Crippen LogP contribution in [-0.4, -0.2) is 34.4 Å².